The van der Waals surface area contributed by atoms with E-state index in [4.69, 9.17) is 9.84 Å². The van der Waals surface area contributed by atoms with Crippen molar-refractivity contribution in [1.82, 2.24) is 10.3 Å². The minimum Gasteiger partial charge on any atom is -0.497 e. The van der Waals surface area contributed by atoms with Crippen molar-refractivity contribution in [3.63, 3.8) is 0 Å². The molecular formula is C14H16N2O3S. The second kappa shape index (κ2) is 6.49. The maximum Gasteiger partial charge on any atom is 0.271 e. The molecule has 20 heavy (non-hydrogen) atoms. The first-order chi connectivity index (χ1) is 9.63. The summed E-state index contributed by atoms with van der Waals surface area (Å²) in [6, 6.07) is 7.22. The van der Waals surface area contributed by atoms with E-state index < -0.39 is 0 Å². The third-order valence-electron chi connectivity index (χ3n) is 2.73. The summed E-state index contributed by atoms with van der Waals surface area (Å²) in [5.74, 6) is 0.502. The van der Waals surface area contributed by atoms with Crippen LogP contribution in [-0.4, -0.2) is 35.8 Å². The molecule has 5 nitrogen and oxygen atoms in total. The number of carbonyl (C=O) groups excluding carboxylic acids is 1. The summed E-state index contributed by atoms with van der Waals surface area (Å²) < 4.78 is 5.10. The summed E-state index contributed by atoms with van der Waals surface area (Å²) >= 11 is 1.40. The molecule has 0 aliphatic rings. The maximum absolute atomic E-state index is 11.9. The Morgan fingerprint density at radius 2 is 2.15 bits per heavy atom. The van der Waals surface area contributed by atoms with Crippen LogP contribution >= 0.6 is 11.3 Å². The van der Waals surface area contributed by atoms with Crippen LogP contribution in [0.4, 0.5) is 0 Å². The third kappa shape index (κ3) is 3.34. The molecule has 2 N–H and O–H groups in total. The Bertz CT molecular complexity index is 580. The summed E-state index contributed by atoms with van der Waals surface area (Å²) in [6.45, 7) is 1.63. The van der Waals surface area contributed by atoms with Crippen LogP contribution in [0.15, 0.2) is 29.6 Å². The lowest BCUT2D eigenvalue weighted by atomic mass is 10.2. The van der Waals surface area contributed by atoms with Crippen molar-refractivity contribution in [1.29, 1.82) is 0 Å². The van der Waals surface area contributed by atoms with Crippen molar-refractivity contribution in [2.75, 3.05) is 13.7 Å². The van der Waals surface area contributed by atoms with E-state index in [2.05, 4.69) is 10.3 Å². The van der Waals surface area contributed by atoms with E-state index in [1.165, 1.54) is 11.3 Å². The summed E-state index contributed by atoms with van der Waals surface area (Å²) in [7, 11) is 1.61. The number of ether oxygens (including phenoxy) is 1. The minimum atomic E-state index is -0.284. The average Bonchev–Trinajstić information content (AvgIpc) is 2.97. The van der Waals surface area contributed by atoms with Crippen molar-refractivity contribution in [2.45, 2.75) is 13.0 Å². The molecule has 2 rings (SSSR count). The minimum absolute atomic E-state index is 0.0960. The predicted octanol–water partition coefficient (Wildman–Crippen LogP) is 1.93. The van der Waals surface area contributed by atoms with Crippen LogP contribution < -0.4 is 10.1 Å². The third-order valence-corrected chi connectivity index (χ3v) is 3.62. The number of hydrogen-bond donors (Lipinski definition) is 2. The Hall–Kier alpha value is -1.92. The number of aromatic nitrogens is 1. The van der Waals surface area contributed by atoms with Crippen molar-refractivity contribution in [3.05, 3.63) is 35.3 Å². The molecule has 1 amide bonds. The smallest absolute Gasteiger partial charge is 0.271 e. The number of hydrogen-bond acceptors (Lipinski definition) is 5. The van der Waals surface area contributed by atoms with Gasteiger partial charge in [-0.3, -0.25) is 4.79 Å². The lowest BCUT2D eigenvalue weighted by Crippen LogP contribution is -2.35. The van der Waals surface area contributed by atoms with Gasteiger partial charge < -0.3 is 15.2 Å². The van der Waals surface area contributed by atoms with E-state index in [-0.39, 0.29) is 18.6 Å². The van der Waals surface area contributed by atoms with Crippen molar-refractivity contribution in [2.24, 2.45) is 0 Å². The highest BCUT2D eigenvalue weighted by molar-refractivity contribution is 7.13. The Labute approximate surface area is 121 Å². The van der Waals surface area contributed by atoms with E-state index in [0.717, 1.165) is 16.3 Å². The molecule has 1 atom stereocenters. The van der Waals surface area contributed by atoms with Gasteiger partial charge in [0.05, 0.1) is 13.7 Å². The van der Waals surface area contributed by atoms with Crippen molar-refractivity contribution < 1.29 is 14.6 Å². The second-order valence-electron chi connectivity index (χ2n) is 4.32. The number of nitrogens with zero attached hydrogens (tertiary/aromatic N) is 1. The van der Waals surface area contributed by atoms with E-state index >= 15 is 0 Å². The molecule has 0 aliphatic carbocycles. The largest absolute Gasteiger partial charge is 0.497 e. The predicted molar refractivity (Wildman–Crippen MR) is 78.1 cm³/mol. The van der Waals surface area contributed by atoms with Crippen LogP contribution in [0.25, 0.3) is 10.6 Å². The van der Waals surface area contributed by atoms with Crippen LogP contribution in [0.1, 0.15) is 17.4 Å². The number of nitrogens with one attached hydrogen (secondary N) is 1. The van der Waals surface area contributed by atoms with E-state index in [9.17, 15) is 4.79 Å². The Balaban J connectivity index is 2.13. The second-order valence-corrected chi connectivity index (χ2v) is 5.18. The Morgan fingerprint density at radius 1 is 1.45 bits per heavy atom. The van der Waals surface area contributed by atoms with Crippen LogP contribution in [0.2, 0.25) is 0 Å². The highest BCUT2D eigenvalue weighted by Gasteiger charge is 2.13. The number of methoxy groups -OCH3 is 1. The molecule has 0 bridgehead atoms. The van der Waals surface area contributed by atoms with Gasteiger partial charge in [0, 0.05) is 17.0 Å². The van der Waals surface area contributed by atoms with E-state index in [1.807, 2.05) is 24.3 Å². The van der Waals surface area contributed by atoms with Gasteiger partial charge in [-0.15, -0.1) is 11.3 Å². The number of amides is 1. The maximum atomic E-state index is 11.9. The lowest BCUT2D eigenvalue weighted by Gasteiger charge is -2.08. The van der Waals surface area contributed by atoms with Gasteiger partial charge >= 0.3 is 0 Å². The van der Waals surface area contributed by atoms with Crippen molar-refractivity contribution >= 4 is 17.2 Å². The normalized spacial score (nSPS) is 11.9. The van der Waals surface area contributed by atoms with Gasteiger partial charge in [0.15, 0.2) is 0 Å². The summed E-state index contributed by atoms with van der Waals surface area (Å²) in [5, 5.41) is 14.1. The molecule has 0 saturated carbocycles. The average molecular weight is 292 g/mol. The molecule has 0 fully saturated rings. The van der Waals surface area contributed by atoms with E-state index in [1.54, 1.807) is 19.4 Å². The van der Waals surface area contributed by atoms with Gasteiger partial charge in [-0.2, -0.15) is 0 Å². The monoisotopic (exact) mass is 292 g/mol. The Kier molecular flexibility index (Phi) is 4.70. The zero-order chi connectivity index (χ0) is 14.5. The van der Waals surface area contributed by atoms with Gasteiger partial charge in [0.1, 0.15) is 16.5 Å². The Morgan fingerprint density at radius 3 is 2.75 bits per heavy atom. The molecule has 2 aromatic rings. The zero-order valence-electron chi connectivity index (χ0n) is 11.3. The number of aliphatic hydroxyl groups is 1. The first kappa shape index (κ1) is 14.5. The molecule has 0 aliphatic heterocycles. The van der Waals surface area contributed by atoms with Crippen LogP contribution in [0.5, 0.6) is 5.75 Å². The number of rotatable bonds is 5. The molecule has 0 spiro atoms. The molecule has 106 valence electrons. The van der Waals surface area contributed by atoms with Gasteiger partial charge in [0.25, 0.3) is 5.91 Å². The fraction of sp³-hybridized carbons (Fsp3) is 0.286. The number of benzene rings is 1. The first-order valence-corrected chi connectivity index (χ1v) is 7.03. The van der Waals surface area contributed by atoms with Crippen molar-refractivity contribution in [3.8, 4) is 16.3 Å². The highest BCUT2D eigenvalue weighted by atomic mass is 32.1. The van der Waals surface area contributed by atoms with Gasteiger partial charge in [-0.25, -0.2) is 4.98 Å². The van der Waals surface area contributed by atoms with Gasteiger partial charge in [-0.05, 0) is 31.2 Å². The standard InChI is InChI=1S/C14H16N2O3S/c1-9(7-17)15-13(18)12-8-20-14(16-12)10-3-5-11(19-2)6-4-10/h3-6,8-9,17H,7H2,1-2H3,(H,15,18). The lowest BCUT2D eigenvalue weighted by molar-refractivity contribution is 0.0918. The first-order valence-electron chi connectivity index (χ1n) is 6.15. The molecule has 1 aromatic carbocycles. The zero-order valence-corrected chi connectivity index (χ0v) is 12.1. The van der Waals surface area contributed by atoms with Crippen LogP contribution in [0.3, 0.4) is 0 Å². The molecule has 1 aromatic heterocycles. The number of carbonyl (C=O) groups is 1. The fourth-order valence-electron chi connectivity index (χ4n) is 1.59. The highest BCUT2D eigenvalue weighted by Crippen LogP contribution is 2.25. The SMILES string of the molecule is COc1ccc(-c2nc(C(=O)NC(C)CO)cs2)cc1. The summed E-state index contributed by atoms with van der Waals surface area (Å²) in [5.41, 5.74) is 1.30. The molecule has 1 heterocycles. The molecular weight excluding hydrogens is 276 g/mol. The van der Waals surface area contributed by atoms with Crippen LogP contribution in [-0.2, 0) is 0 Å². The quantitative estimate of drug-likeness (QED) is 0.883. The van der Waals surface area contributed by atoms with Gasteiger partial charge in [-0.1, -0.05) is 0 Å². The molecule has 1 unspecified atom stereocenters. The molecule has 6 heteroatoms. The number of aliphatic hydroxyl groups excluding tert-OH is 1. The topological polar surface area (TPSA) is 71.5 Å². The molecule has 0 radical (unpaired) electrons. The fourth-order valence-corrected chi connectivity index (χ4v) is 2.39. The van der Waals surface area contributed by atoms with Crippen LogP contribution in [0, 0.1) is 0 Å². The summed E-state index contributed by atoms with van der Waals surface area (Å²) in [6.07, 6.45) is 0. The van der Waals surface area contributed by atoms with E-state index in [0.29, 0.717) is 5.69 Å². The number of thiazole rings is 1. The summed E-state index contributed by atoms with van der Waals surface area (Å²) in [4.78, 5) is 16.2. The van der Waals surface area contributed by atoms with Gasteiger partial charge in [0.2, 0.25) is 0 Å². The molecule has 0 saturated heterocycles.